The number of carboxylic acids is 1. The first-order valence-electron chi connectivity index (χ1n) is 5.24. The molecule has 2 heterocycles. The lowest BCUT2D eigenvalue weighted by molar-refractivity contribution is 0.0690. The van der Waals surface area contributed by atoms with Crippen LogP contribution < -0.4 is 5.32 Å². The van der Waals surface area contributed by atoms with Crippen molar-refractivity contribution in [3.8, 4) is 0 Å². The fourth-order valence-electron chi connectivity index (χ4n) is 1.35. The fraction of sp³-hybridized carbons (Fsp3) is 0.182. The number of carboxylic acid groups (broad SMARTS) is 1. The molecule has 7 nitrogen and oxygen atoms in total. The molecule has 2 aromatic heterocycles. The van der Waals surface area contributed by atoms with E-state index in [0.717, 1.165) is 5.69 Å². The Morgan fingerprint density at radius 1 is 1.44 bits per heavy atom. The number of rotatable bonds is 4. The van der Waals surface area contributed by atoms with Gasteiger partial charge in [-0.25, -0.2) is 14.8 Å². The van der Waals surface area contributed by atoms with Crippen molar-refractivity contribution in [3.63, 3.8) is 0 Å². The Morgan fingerprint density at radius 3 is 2.94 bits per heavy atom. The largest absolute Gasteiger partial charge is 0.477 e. The highest BCUT2D eigenvalue weighted by atomic mass is 16.4. The van der Waals surface area contributed by atoms with E-state index in [0.29, 0.717) is 12.2 Å². The van der Waals surface area contributed by atoms with Crippen LogP contribution in [0.5, 0.6) is 0 Å². The molecule has 0 aromatic carbocycles. The van der Waals surface area contributed by atoms with Gasteiger partial charge in [0.15, 0.2) is 5.69 Å². The minimum Gasteiger partial charge on any atom is -0.477 e. The van der Waals surface area contributed by atoms with Crippen LogP contribution in [0.1, 0.15) is 21.9 Å². The summed E-state index contributed by atoms with van der Waals surface area (Å²) in [5.74, 6) is -0.818. The molecule has 0 saturated heterocycles. The van der Waals surface area contributed by atoms with E-state index in [2.05, 4.69) is 25.5 Å². The summed E-state index contributed by atoms with van der Waals surface area (Å²) in [6.45, 7) is 2.10. The zero-order valence-corrected chi connectivity index (χ0v) is 9.66. The van der Waals surface area contributed by atoms with Crippen LogP contribution in [0, 0.1) is 6.92 Å². The van der Waals surface area contributed by atoms with Gasteiger partial charge in [-0.3, -0.25) is 0 Å². The smallest absolute Gasteiger partial charge is 0.354 e. The van der Waals surface area contributed by atoms with Crippen LogP contribution in [0.3, 0.4) is 0 Å². The molecule has 2 rings (SSSR count). The van der Waals surface area contributed by atoms with E-state index in [1.807, 2.05) is 0 Å². The van der Waals surface area contributed by atoms with Gasteiger partial charge in [0.25, 0.3) is 0 Å². The molecule has 2 N–H and O–H groups in total. The van der Waals surface area contributed by atoms with Crippen molar-refractivity contribution in [3.05, 3.63) is 41.5 Å². The first kappa shape index (κ1) is 11.9. The van der Waals surface area contributed by atoms with Crippen molar-refractivity contribution < 1.29 is 9.90 Å². The van der Waals surface area contributed by atoms with Crippen molar-refractivity contribution >= 4 is 11.9 Å². The molecule has 0 saturated carbocycles. The number of aryl methyl sites for hydroxylation is 1. The number of anilines is 1. The molecule has 0 radical (unpaired) electrons. The number of hydrogen-bond acceptors (Lipinski definition) is 6. The summed E-state index contributed by atoms with van der Waals surface area (Å²) in [5.41, 5.74) is 1.27. The third kappa shape index (κ3) is 2.97. The zero-order valence-electron chi connectivity index (χ0n) is 9.66. The SMILES string of the molecule is Cc1cc(C(=O)O)nc(NCc2cccnn2)n1. The van der Waals surface area contributed by atoms with Crippen LogP contribution in [0.4, 0.5) is 5.95 Å². The van der Waals surface area contributed by atoms with E-state index < -0.39 is 5.97 Å². The molecule has 0 fully saturated rings. The number of nitrogens with one attached hydrogen (secondary N) is 1. The summed E-state index contributed by atoms with van der Waals surface area (Å²) in [7, 11) is 0. The minimum atomic E-state index is -1.08. The molecule has 0 bridgehead atoms. The number of aromatic carboxylic acids is 1. The standard InChI is InChI=1S/C11H11N5O2/c1-7-5-9(10(17)18)15-11(14-7)12-6-8-3-2-4-13-16-8/h2-5H,6H2,1H3,(H,17,18)(H,12,14,15). The molecule has 2 aromatic rings. The lowest BCUT2D eigenvalue weighted by atomic mass is 10.3. The Bertz CT molecular complexity index is 559. The van der Waals surface area contributed by atoms with Crippen molar-refractivity contribution in [2.45, 2.75) is 13.5 Å². The molecule has 0 aliphatic carbocycles. The van der Waals surface area contributed by atoms with Gasteiger partial charge in [-0.05, 0) is 25.1 Å². The summed E-state index contributed by atoms with van der Waals surface area (Å²) in [6.07, 6.45) is 1.58. The van der Waals surface area contributed by atoms with Crippen LogP contribution in [0.25, 0.3) is 0 Å². The predicted octanol–water partition coefficient (Wildman–Crippen LogP) is 0.885. The maximum atomic E-state index is 10.8. The Hall–Kier alpha value is -2.57. The summed E-state index contributed by atoms with van der Waals surface area (Å²) >= 11 is 0. The average Bonchev–Trinajstić information content (AvgIpc) is 2.37. The normalized spacial score (nSPS) is 10.1. The lowest BCUT2D eigenvalue weighted by Gasteiger charge is -2.05. The Balaban J connectivity index is 2.12. The van der Waals surface area contributed by atoms with Crippen molar-refractivity contribution in [2.75, 3.05) is 5.32 Å². The van der Waals surface area contributed by atoms with E-state index in [4.69, 9.17) is 5.11 Å². The molecule has 0 spiro atoms. The highest BCUT2D eigenvalue weighted by molar-refractivity contribution is 5.85. The van der Waals surface area contributed by atoms with Crippen LogP contribution in [-0.2, 0) is 6.54 Å². The lowest BCUT2D eigenvalue weighted by Crippen LogP contribution is -2.10. The van der Waals surface area contributed by atoms with Crippen LogP contribution in [-0.4, -0.2) is 31.2 Å². The molecule has 7 heteroatoms. The topological polar surface area (TPSA) is 101 Å². The average molecular weight is 245 g/mol. The van der Waals surface area contributed by atoms with Gasteiger partial charge in [0.05, 0.1) is 12.2 Å². The monoisotopic (exact) mass is 245 g/mol. The second-order valence-electron chi connectivity index (χ2n) is 3.59. The van der Waals surface area contributed by atoms with Gasteiger partial charge < -0.3 is 10.4 Å². The summed E-state index contributed by atoms with van der Waals surface area (Å²) in [5, 5.41) is 19.4. The summed E-state index contributed by atoms with van der Waals surface area (Å²) in [4.78, 5) is 18.8. The summed E-state index contributed by atoms with van der Waals surface area (Å²) in [6, 6.07) is 4.98. The van der Waals surface area contributed by atoms with E-state index in [9.17, 15) is 4.79 Å². The molecular formula is C11H11N5O2. The van der Waals surface area contributed by atoms with Crippen LogP contribution in [0.2, 0.25) is 0 Å². The predicted molar refractivity (Wildman–Crippen MR) is 63.1 cm³/mol. The van der Waals surface area contributed by atoms with E-state index in [1.165, 1.54) is 6.07 Å². The minimum absolute atomic E-state index is 0.0378. The maximum absolute atomic E-state index is 10.8. The molecule has 92 valence electrons. The van der Waals surface area contributed by atoms with Crippen molar-refractivity contribution in [2.24, 2.45) is 0 Å². The molecule has 18 heavy (non-hydrogen) atoms. The second kappa shape index (κ2) is 5.17. The Labute approximate surface area is 103 Å². The first-order chi connectivity index (χ1) is 8.65. The second-order valence-corrected chi connectivity index (χ2v) is 3.59. The Kier molecular flexibility index (Phi) is 3.42. The van der Waals surface area contributed by atoms with E-state index >= 15 is 0 Å². The van der Waals surface area contributed by atoms with Gasteiger partial charge in [0.1, 0.15) is 0 Å². The quantitative estimate of drug-likeness (QED) is 0.824. The van der Waals surface area contributed by atoms with Crippen molar-refractivity contribution in [1.29, 1.82) is 0 Å². The summed E-state index contributed by atoms with van der Waals surface area (Å²) < 4.78 is 0. The molecular weight excluding hydrogens is 234 g/mol. The third-order valence-electron chi connectivity index (χ3n) is 2.13. The van der Waals surface area contributed by atoms with E-state index in [1.54, 1.807) is 25.3 Å². The molecule has 0 aliphatic rings. The highest BCUT2D eigenvalue weighted by Crippen LogP contribution is 2.06. The third-order valence-corrected chi connectivity index (χ3v) is 2.13. The van der Waals surface area contributed by atoms with Gasteiger partial charge >= 0.3 is 5.97 Å². The highest BCUT2D eigenvalue weighted by Gasteiger charge is 2.08. The molecule has 0 unspecified atom stereocenters. The zero-order chi connectivity index (χ0) is 13.0. The van der Waals surface area contributed by atoms with Gasteiger partial charge in [-0.1, -0.05) is 0 Å². The number of carbonyl (C=O) groups is 1. The number of hydrogen-bond donors (Lipinski definition) is 2. The van der Waals surface area contributed by atoms with Gasteiger partial charge in [0, 0.05) is 11.9 Å². The van der Waals surface area contributed by atoms with Gasteiger partial charge in [-0.2, -0.15) is 10.2 Å². The maximum Gasteiger partial charge on any atom is 0.354 e. The molecule has 0 atom stereocenters. The first-order valence-corrected chi connectivity index (χ1v) is 5.24. The van der Waals surface area contributed by atoms with Crippen LogP contribution in [0.15, 0.2) is 24.4 Å². The van der Waals surface area contributed by atoms with Gasteiger partial charge in [-0.15, -0.1) is 0 Å². The Morgan fingerprint density at radius 2 is 2.28 bits per heavy atom. The van der Waals surface area contributed by atoms with Gasteiger partial charge in [0.2, 0.25) is 5.95 Å². The van der Waals surface area contributed by atoms with Crippen LogP contribution >= 0.6 is 0 Å². The molecule has 0 amide bonds. The van der Waals surface area contributed by atoms with E-state index in [-0.39, 0.29) is 11.6 Å². The van der Waals surface area contributed by atoms with Crippen molar-refractivity contribution in [1.82, 2.24) is 20.2 Å². The fourth-order valence-corrected chi connectivity index (χ4v) is 1.35. The number of nitrogens with zero attached hydrogens (tertiary/aromatic N) is 4. The number of aromatic nitrogens is 4. The molecule has 0 aliphatic heterocycles.